The third kappa shape index (κ3) is 2.66. The molecular weight excluding hydrogens is 244 g/mol. The van der Waals surface area contributed by atoms with E-state index < -0.39 is 8.07 Å². The Morgan fingerprint density at radius 1 is 0.737 bits per heavy atom. The minimum Gasteiger partial charge on any atom is -0.0916 e. The molecule has 1 rings (SSSR count). The Balaban J connectivity index is 3.74. The fraction of sp³-hybridized carbons (Fsp3) is 0.333. The van der Waals surface area contributed by atoms with Gasteiger partial charge in [0.05, 0.1) is 0 Å². The van der Waals surface area contributed by atoms with Crippen molar-refractivity contribution in [2.45, 2.75) is 41.5 Å². The Morgan fingerprint density at radius 3 is 1.42 bits per heavy atom. The molecule has 0 aromatic heterocycles. The van der Waals surface area contributed by atoms with Crippen LogP contribution in [0.3, 0.4) is 0 Å². The van der Waals surface area contributed by atoms with Crippen molar-refractivity contribution in [2.75, 3.05) is 0 Å². The zero-order chi connectivity index (χ0) is 14.5. The average molecular weight is 270 g/mol. The molecule has 0 unspecified atom stereocenters. The quantitative estimate of drug-likeness (QED) is 0.686. The van der Waals surface area contributed by atoms with Gasteiger partial charge in [0.15, 0.2) is 8.07 Å². The summed E-state index contributed by atoms with van der Waals surface area (Å²) >= 11 is 0. The molecule has 0 fully saturated rings. The predicted molar refractivity (Wildman–Crippen MR) is 90.1 cm³/mol. The molecule has 0 aliphatic heterocycles. The van der Waals surface area contributed by atoms with E-state index in [-0.39, 0.29) is 0 Å². The van der Waals surface area contributed by atoms with Gasteiger partial charge in [-0.15, -0.1) is 0 Å². The van der Waals surface area contributed by atoms with Crippen LogP contribution in [0.2, 0.25) is 0 Å². The van der Waals surface area contributed by atoms with Gasteiger partial charge < -0.3 is 0 Å². The summed E-state index contributed by atoms with van der Waals surface area (Å²) in [6.07, 6.45) is 6.87. The van der Waals surface area contributed by atoms with Gasteiger partial charge in [-0.25, -0.2) is 0 Å². The summed E-state index contributed by atoms with van der Waals surface area (Å²) < 4.78 is 0. The van der Waals surface area contributed by atoms with E-state index in [1.54, 1.807) is 0 Å². The van der Waals surface area contributed by atoms with E-state index in [0.29, 0.717) is 0 Å². The summed E-state index contributed by atoms with van der Waals surface area (Å²) in [5, 5.41) is 6.04. The van der Waals surface area contributed by atoms with E-state index in [4.69, 9.17) is 0 Å². The summed E-state index contributed by atoms with van der Waals surface area (Å²) in [7, 11) is -1.90. The second-order valence-electron chi connectivity index (χ2n) is 5.03. The molecule has 0 bridgehead atoms. The molecule has 0 radical (unpaired) electrons. The zero-order valence-corrected chi connectivity index (χ0v) is 14.1. The number of rotatable bonds is 4. The summed E-state index contributed by atoms with van der Waals surface area (Å²) in [4.78, 5) is 0. The van der Waals surface area contributed by atoms with Crippen molar-refractivity contribution in [2.24, 2.45) is 0 Å². The van der Waals surface area contributed by atoms with Crippen LogP contribution < -0.4 is 5.19 Å². The van der Waals surface area contributed by atoms with E-state index in [9.17, 15) is 0 Å². The second kappa shape index (κ2) is 6.72. The third-order valence-corrected chi connectivity index (χ3v) is 9.89. The molecule has 1 aromatic rings. The van der Waals surface area contributed by atoms with Crippen LogP contribution in [0.4, 0.5) is 0 Å². The SMILES string of the molecule is CC=C(C)[Si](C(C)=CC)(C(C)=CC)c1ccccc1. The highest BCUT2D eigenvalue weighted by Gasteiger charge is 2.39. The smallest absolute Gasteiger partial charge is 0.0916 e. The van der Waals surface area contributed by atoms with Crippen LogP contribution in [0, 0.1) is 0 Å². The predicted octanol–water partition coefficient (Wildman–Crippen LogP) is 4.86. The van der Waals surface area contributed by atoms with E-state index in [1.165, 1.54) is 20.8 Å². The molecule has 1 aromatic carbocycles. The molecule has 0 spiro atoms. The van der Waals surface area contributed by atoms with Crippen LogP contribution in [0.15, 0.2) is 64.1 Å². The summed E-state index contributed by atoms with van der Waals surface area (Å²) in [5.41, 5.74) is 0. The fourth-order valence-electron chi connectivity index (χ4n) is 2.95. The summed E-state index contributed by atoms with van der Waals surface area (Å²) in [6, 6.07) is 11.0. The Morgan fingerprint density at radius 2 is 1.11 bits per heavy atom. The molecule has 1 heteroatoms. The first-order valence-electron chi connectivity index (χ1n) is 7.01. The highest BCUT2D eigenvalue weighted by atomic mass is 28.3. The van der Waals surface area contributed by atoms with Crippen molar-refractivity contribution >= 4 is 13.3 Å². The summed E-state index contributed by atoms with van der Waals surface area (Å²) in [6.45, 7) is 13.3. The number of benzene rings is 1. The lowest BCUT2D eigenvalue weighted by atomic mass is 10.4. The lowest BCUT2D eigenvalue weighted by Gasteiger charge is -2.36. The summed E-state index contributed by atoms with van der Waals surface area (Å²) in [5.74, 6) is 0. The largest absolute Gasteiger partial charge is 0.165 e. The molecule has 19 heavy (non-hydrogen) atoms. The third-order valence-electron chi connectivity index (χ3n) is 4.28. The molecule has 0 amide bonds. The Hall–Kier alpha value is -1.34. The Bertz CT molecular complexity index is 458. The maximum Gasteiger partial charge on any atom is 0.165 e. The molecule has 0 N–H and O–H groups in total. The monoisotopic (exact) mass is 270 g/mol. The van der Waals surface area contributed by atoms with Crippen molar-refractivity contribution in [3.63, 3.8) is 0 Å². The fourth-order valence-corrected chi connectivity index (χ4v) is 8.18. The first-order chi connectivity index (χ1) is 9.05. The van der Waals surface area contributed by atoms with Gasteiger partial charge in [-0.2, -0.15) is 0 Å². The standard InChI is InChI=1S/C18H26Si/c1-7-15(4)19(16(5)8-2,17(6)9-3)18-13-11-10-12-14-18/h7-14H,1-6H3. The second-order valence-corrected chi connectivity index (χ2v) is 9.47. The van der Waals surface area contributed by atoms with Crippen molar-refractivity contribution in [1.82, 2.24) is 0 Å². The molecule has 0 aliphatic rings. The average Bonchev–Trinajstić information content (AvgIpc) is 2.47. The number of hydrogen-bond donors (Lipinski definition) is 0. The Labute approximate surface area is 119 Å². The van der Waals surface area contributed by atoms with Gasteiger partial charge in [0.2, 0.25) is 0 Å². The first kappa shape index (κ1) is 15.7. The highest BCUT2D eigenvalue weighted by molar-refractivity contribution is 7.07. The highest BCUT2D eigenvalue weighted by Crippen LogP contribution is 2.30. The van der Waals surface area contributed by atoms with Crippen LogP contribution in [0.1, 0.15) is 41.5 Å². The molecular formula is C18H26Si. The number of hydrogen-bond acceptors (Lipinski definition) is 0. The Kier molecular flexibility index (Phi) is 5.55. The first-order valence-corrected chi connectivity index (χ1v) is 9.01. The van der Waals surface area contributed by atoms with Crippen molar-refractivity contribution in [3.05, 3.63) is 64.1 Å². The van der Waals surface area contributed by atoms with Crippen LogP contribution >= 0.6 is 0 Å². The van der Waals surface area contributed by atoms with Crippen LogP contribution in [0.5, 0.6) is 0 Å². The maximum absolute atomic E-state index is 2.29. The van der Waals surface area contributed by atoms with Crippen LogP contribution in [-0.2, 0) is 0 Å². The van der Waals surface area contributed by atoms with Gasteiger partial charge in [-0.3, -0.25) is 0 Å². The van der Waals surface area contributed by atoms with E-state index >= 15 is 0 Å². The molecule has 0 saturated heterocycles. The van der Waals surface area contributed by atoms with Gasteiger partial charge in [0, 0.05) is 0 Å². The van der Waals surface area contributed by atoms with E-state index in [2.05, 4.69) is 90.1 Å². The maximum atomic E-state index is 2.29. The lowest BCUT2D eigenvalue weighted by Crippen LogP contribution is -2.52. The van der Waals surface area contributed by atoms with Crippen molar-refractivity contribution < 1.29 is 0 Å². The van der Waals surface area contributed by atoms with Crippen LogP contribution in [-0.4, -0.2) is 8.07 Å². The molecule has 0 heterocycles. The molecule has 102 valence electrons. The van der Waals surface area contributed by atoms with Gasteiger partial charge in [-0.1, -0.05) is 64.1 Å². The minimum atomic E-state index is -1.90. The molecule has 0 aliphatic carbocycles. The lowest BCUT2D eigenvalue weighted by molar-refractivity contribution is 1.40. The van der Waals surface area contributed by atoms with Gasteiger partial charge in [-0.05, 0) is 46.7 Å². The number of allylic oxidation sites excluding steroid dienone is 6. The van der Waals surface area contributed by atoms with E-state index in [1.807, 2.05) is 0 Å². The van der Waals surface area contributed by atoms with Crippen LogP contribution in [0.25, 0.3) is 0 Å². The molecule has 0 nitrogen and oxygen atoms in total. The van der Waals surface area contributed by atoms with Crippen molar-refractivity contribution in [1.29, 1.82) is 0 Å². The molecule has 0 atom stereocenters. The normalized spacial score (nSPS) is 17.3. The van der Waals surface area contributed by atoms with E-state index in [0.717, 1.165) is 0 Å². The zero-order valence-electron chi connectivity index (χ0n) is 13.1. The topological polar surface area (TPSA) is 0 Å². The van der Waals surface area contributed by atoms with Gasteiger partial charge >= 0.3 is 0 Å². The van der Waals surface area contributed by atoms with Gasteiger partial charge in [0.1, 0.15) is 0 Å². The molecule has 0 saturated carbocycles. The van der Waals surface area contributed by atoms with Crippen molar-refractivity contribution in [3.8, 4) is 0 Å². The minimum absolute atomic E-state index is 1.48. The van der Waals surface area contributed by atoms with Gasteiger partial charge in [0.25, 0.3) is 0 Å².